The average molecular weight is 258 g/mol. The van der Waals surface area contributed by atoms with E-state index in [0.29, 0.717) is 24.6 Å². The molecule has 2 rings (SSSR count). The molecule has 1 atom stereocenters. The van der Waals surface area contributed by atoms with Crippen molar-refractivity contribution in [3.05, 3.63) is 17.8 Å². The van der Waals surface area contributed by atoms with Crippen LogP contribution in [0.2, 0.25) is 0 Å². The molecular weight excluding hydrogens is 238 g/mol. The number of nitrogens with one attached hydrogen (secondary N) is 1. The summed E-state index contributed by atoms with van der Waals surface area (Å²) in [7, 11) is 0. The zero-order valence-electron chi connectivity index (χ0n) is 11.1. The number of hydrogen-bond acceptors (Lipinski definition) is 3. The molecule has 1 unspecified atom stereocenters. The molecule has 18 heavy (non-hydrogen) atoms. The van der Waals surface area contributed by atoms with E-state index in [9.17, 15) is 8.78 Å². The highest BCUT2D eigenvalue weighted by molar-refractivity contribution is 5.06. The van der Waals surface area contributed by atoms with Crippen LogP contribution in [0.3, 0.4) is 0 Å². The Kier molecular flexibility index (Phi) is 3.45. The number of halogens is 2. The standard InChI is InChI=1S/C13H20F2N2O/c1-12(2,3)17-8-11-16-7-10(18-11)9-4-5-13(14,15)6-9/h7,9,17H,4-6,8H2,1-3H3. The van der Waals surface area contributed by atoms with Gasteiger partial charge in [0.15, 0.2) is 0 Å². The third-order valence-corrected chi connectivity index (χ3v) is 3.15. The highest BCUT2D eigenvalue weighted by atomic mass is 19.3. The van der Waals surface area contributed by atoms with Crippen LogP contribution in [0.1, 0.15) is 57.6 Å². The van der Waals surface area contributed by atoms with Gasteiger partial charge in [-0.1, -0.05) is 0 Å². The van der Waals surface area contributed by atoms with Crippen molar-refractivity contribution in [2.24, 2.45) is 0 Å². The van der Waals surface area contributed by atoms with Crippen molar-refractivity contribution in [3.63, 3.8) is 0 Å². The maximum Gasteiger partial charge on any atom is 0.248 e. The molecule has 0 saturated heterocycles. The van der Waals surface area contributed by atoms with E-state index in [1.807, 2.05) is 20.8 Å². The summed E-state index contributed by atoms with van der Waals surface area (Å²) in [5.41, 5.74) is -0.0188. The molecule has 0 spiro atoms. The smallest absolute Gasteiger partial charge is 0.248 e. The molecule has 102 valence electrons. The second kappa shape index (κ2) is 4.61. The number of oxazole rings is 1. The topological polar surface area (TPSA) is 38.1 Å². The fraction of sp³-hybridized carbons (Fsp3) is 0.769. The third kappa shape index (κ3) is 3.51. The zero-order chi connectivity index (χ0) is 13.4. The fourth-order valence-electron chi connectivity index (χ4n) is 2.13. The van der Waals surface area contributed by atoms with Crippen LogP contribution in [-0.4, -0.2) is 16.4 Å². The molecule has 3 nitrogen and oxygen atoms in total. The van der Waals surface area contributed by atoms with Crippen LogP contribution in [0.4, 0.5) is 8.78 Å². The zero-order valence-corrected chi connectivity index (χ0v) is 11.1. The van der Waals surface area contributed by atoms with E-state index in [4.69, 9.17) is 4.42 Å². The summed E-state index contributed by atoms with van der Waals surface area (Å²) in [4.78, 5) is 4.14. The van der Waals surface area contributed by atoms with Crippen molar-refractivity contribution in [3.8, 4) is 0 Å². The van der Waals surface area contributed by atoms with Gasteiger partial charge in [-0.2, -0.15) is 0 Å². The Hall–Kier alpha value is -0.970. The lowest BCUT2D eigenvalue weighted by Crippen LogP contribution is -2.35. The van der Waals surface area contributed by atoms with Gasteiger partial charge in [0.2, 0.25) is 11.8 Å². The lowest BCUT2D eigenvalue weighted by Gasteiger charge is -2.19. The Morgan fingerprint density at radius 3 is 2.78 bits per heavy atom. The van der Waals surface area contributed by atoms with Gasteiger partial charge in [-0.15, -0.1) is 0 Å². The Morgan fingerprint density at radius 2 is 2.22 bits per heavy atom. The fourth-order valence-corrected chi connectivity index (χ4v) is 2.13. The van der Waals surface area contributed by atoms with Crippen LogP contribution in [0.15, 0.2) is 10.6 Å². The molecular formula is C13H20F2N2O. The lowest BCUT2D eigenvalue weighted by molar-refractivity contribution is 0.00717. The van der Waals surface area contributed by atoms with Gasteiger partial charge in [0.25, 0.3) is 0 Å². The summed E-state index contributed by atoms with van der Waals surface area (Å²) < 4.78 is 31.8. The summed E-state index contributed by atoms with van der Waals surface area (Å²) >= 11 is 0. The van der Waals surface area contributed by atoms with Gasteiger partial charge < -0.3 is 9.73 Å². The first-order valence-corrected chi connectivity index (χ1v) is 6.33. The van der Waals surface area contributed by atoms with Crippen LogP contribution in [-0.2, 0) is 6.54 Å². The van der Waals surface area contributed by atoms with Crippen LogP contribution in [0.5, 0.6) is 0 Å². The summed E-state index contributed by atoms with van der Waals surface area (Å²) in [6.45, 7) is 6.67. The van der Waals surface area contributed by atoms with Gasteiger partial charge in [0.1, 0.15) is 5.76 Å². The molecule has 0 aliphatic heterocycles. The normalized spacial score (nSPS) is 23.5. The van der Waals surface area contributed by atoms with Crippen LogP contribution < -0.4 is 5.32 Å². The Morgan fingerprint density at radius 1 is 1.50 bits per heavy atom. The monoisotopic (exact) mass is 258 g/mol. The van der Waals surface area contributed by atoms with E-state index in [-0.39, 0.29) is 24.3 Å². The summed E-state index contributed by atoms with van der Waals surface area (Å²) in [6, 6.07) is 0. The maximum atomic E-state index is 13.1. The first-order chi connectivity index (χ1) is 8.25. The highest BCUT2D eigenvalue weighted by Crippen LogP contribution is 2.44. The van der Waals surface area contributed by atoms with Crippen LogP contribution in [0, 0.1) is 0 Å². The van der Waals surface area contributed by atoms with Crippen LogP contribution in [0.25, 0.3) is 0 Å². The van der Waals surface area contributed by atoms with Gasteiger partial charge in [0.05, 0.1) is 12.7 Å². The van der Waals surface area contributed by atoms with Crippen molar-refractivity contribution < 1.29 is 13.2 Å². The van der Waals surface area contributed by atoms with Gasteiger partial charge >= 0.3 is 0 Å². The second-order valence-electron chi connectivity index (χ2n) is 6.06. The molecule has 1 heterocycles. The largest absolute Gasteiger partial charge is 0.444 e. The van der Waals surface area contributed by atoms with E-state index < -0.39 is 5.92 Å². The van der Waals surface area contributed by atoms with Crippen LogP contribution >= 0.6 is 0 Å². The minimum atomic E-state index is -2.54. The minimum Gasteiger partial charge on any atom is -0.444 e. The minimum absolute atomic E-state index is 0.0188. The van der Waals surface area contributed by atoms with Crippen molar-refractivity contribution in [1.29, 1.82) is 0 Å². The third-order valence-electron chi connectivity index (χ3n) is 3.15. The van der Waals surface area contributed by atoms with E-state index in [2.05, 4.69) is 10.3 Å². The first-order valence-electron chi connectivity index (χ1n) is 6.33. The first kappa shape index (κ1) is 13.5. The van der Waals surface area contributed by atoms with Crippen molar-refractivity contribution in [1.82, 2.24) is 10.3 Å². The molecule has 1 aliphatic carbocycles. The molecule has 1 fully saturated rings. The number of aromatic nitrogens is 1. The van der Waals surface area contributed by atoms with Crippen molar-refractivity contribution in [2.45, 2.75) is 64.0 Å². The quantitative estimate of drug-likeness (QED) is 0.902. The SMILES string of the molecule is CC(C)(C)NCc1ncc(C2CCC(F)(F)C2)o1. The predicted molar refractivity (Wildman–Crippen MR) is 64.6 cm³/mol. The predicted octanol–water partition coefficient (Wildman–Crippen LogP) is 3.47. The Labute approximate surface area is 106 Å². The molecule has 1 aliphatic rings. The van der Waals surface area contributed by atoms with Gasteiger partial charge in [-0.3, -0.25) is 0 Å². The van der Waals surface area contributed by atoms with Crippen molar-refractivity contribution >= 4 is 0 Å². The Balaban J connectivity index is 1.95. The Bertz CT molecular complexity index is 409. The molecule has 0 bridgehead atoms. The van der Waals surface area contributed by atoms with E-state index in [0.717, 1.165) is 0 Å². The lowest BCUT2D eigenvalue weighted by atomic mass is 10.1. The van der Waals surface area contributed by atoms with Crippen molar-refractivity contribution in [2.75, 3.05) is 0 Å². The summed E-state index contributed by atoms with van der Waals surface area (Å²) in [5, 5.41) is 3.25. The highest BCUT2D eigenvalue weighted by Gasteiger charge is 2.41. The molecule has 0 aromatic carbocycles. The number of hydrogen-bond donors (Lipinski definition) is 1. The number of nitrogens with zero attached hydrogens (tertiary/aromatic N) is 1. The van der Waals surface area contributed by atoms with E-state index >= 15 is 0 Å². The number of rotatable bonds is 3. The van der Waals surface area contributed by atoms with Gasteiger partial charge in [0, 0.05) is 24.3 Å². The van der Waals surface area contributed by atoms with Gasteiger partial charge in [-0.25, -0.2) is 13.8 Å². The molecule has 1 saturated carbocycles. The molecule has 0 amide bonds. The molecule has 1 aromatic rings. The number of alkyl halides is 2. The molecule has 1 aromatic heterocycles. The molecule has 5 heteroatoms. The second-order valence-corrected chi connectivity index (χ2v) is 6.06. The molecule has 1 N–H and O–H groups in total. The van der Waals surface area contributed by atoms with Gasteiger partial charge in [-0.05, 0) is 27.2 Å². The molecule has 0 radical (unpaired) electrons. The average Bonchev–Trinajstić information content (AvgIpc) is 2.80. The van der Waals surface area contributed by atoms with E-state index in [1.165, 1.54) is 0 Å². The summed E-state index contributed by atoms with van der Waals surface area (Å²) in [5.74, 6) is -1.56. The maximum absolute atomic E-state index is 13.1. The van der Waals surface area contributed by atoms with E-state index in [1.54, 1.807) is 6.20 Å². The summed E-state index contributed by atoms with van der Waals surface area (Å²) in [6.07, 6.45) is 1.91.